The van der Waals surface area contributed by atoms with Crippen molar-refractivity contribution in [3.8, 4) is 0 Å². The Morgan fingerprint density at radius 3 is 2.84 bits per heavy atom. The van der Waals surface area contributed by atoms with Gasteiger partial charge in [-0.2, -0.15) is 0 Å². The van der Waals surface area contributed by atoms with Gasteiger partial charge in [-0.05, 0) is 44.2 Å². The maximum absolute atomic E-state index is 3.66. The predicted octanol–water partition coefficient (Wildman–Crippen LogP) is 3.14. The van der Waals surface area contributed by atoms with E-state index in [2.05, 4.69) is 49.2 Å². The van der Waals surface area contributed by atoms with Crippen molar-refractivity contribution in [1.29, 1.82) is 0 Å². The van der Waals surface area contributed by atoms with Gasteiger partial charge in [0, 0.05) is 36.8 Å². The van der Waals surface area contributed by atoms with Crippen LogP contribution in [0.3, 0.4) is 0 Å². The normalized spacial score (nSPS) is 25.4. The Bertz CT molecular complexity index is 462. The monoisotopic (exact) mass is 258 g/mol. The van der Waals surface area contributed by atoms with Gasteiger partial charge in [0.2, 0.25) is 0 Å². The highest BCUT2D eigenvalue weighted by molar-refractivity contribution is 5.60. The highest BCUT2D eigenvalue weighted by Gasteiger charge is 2.46. The molecule has 1 aromatic carbocycles. The van der Waals surface area contributed by atoms with Crippen LogP contribution in [0.15, 0.2) is 18.2 Å². The summed E-state index contributed by atoms with van der Waals surface area (Å²) in [5.74, 6) is 0. The molecule has 1 unspecified atom stereocenters. The third-order valence-corrected chi connectivity index (χ3v) is 4.92. The Morgan fingerprint density at radius 2 is 2.16 bits per heavy atom. The standard InChI is InChI=1S/C17H26N2/c1-4-15-7-5-6-13(2)16(15)19-12-17(8-9-17)11-18-10-14(19)3/h5-7,14,18H,4,8-12H2,1-3H3. The molecular formula is C17H26N2. The summed E-state index contributed by atoms with van der Waals surface area (Å²) in [7, 11) is 0. The fourth-order valence-electron chi connectivity index (χ4n) is 3.46. The second-order valence-electron chi connectivity index (χ2n) is 6.54. The fourth-order valence-corrected chi connectivity index (χ4v) is 3.46. The molecule has 2 nitrogen and oxygen atoms in total. The van der Waals surface area contributed by atoms with Gasteiger partial charge in [0.25, 0.3) is 0 Å². The van der Waals surface area contributed by atoms with E-state index in [1.165, 1.54) is 42.7 Å². The highest BCUT2D eigenvalue weighted by Crippen LogP contribution is 2.48. The van der Waals surface area contributed by atoms with Gasteiger partial charge in [0.1, 0.15) is 0 Å². The Labute approximate surface area is 117 Å². The van der Waals surface area contributed by atoms with Crippen LogP contribution >= 0.6 is 0 Å². The predicted molar refractivity (Wildman–Crippen MR) is 81.9 cm³/mol. The van der Waals surface area contributed by atoms with E-state index in [-0.39, 0.29) is 0 Å². The van der Waals surface area contributed by atoms with Crippen LogP contribution in [0.5, 0.6) is 0 Å². The summed E-state index contributed by atoms with van der Waals surface area (Å²) in [4.78, 5) is 2.68. The van der Waals surface area contributed by atoms with E-state index >= 15 is 0 Å². The van der Waals surface area contributed by atoms with Gasteiger partial charge in [-0.1, -0.05) is 25.1 Å². The third-order valence-electron chi connectivity index (χ3n) is 4.92. The minimum atomic E-state index is 0.568. The zero-order valence-corrected chi connectivity index (χ0v) is 12.5. The molecule has 0 amide bonds. The number of para-hydroxylation sites is 1. The molecule has 0 bridgehead atoms. The number of nitrogens with zero attached hydrogens (tertiary/aromatic N) is 1. The van der Waals surface area contributed by atoms with Gasteiger partial charge in [-0.25, -0.2) is 0 Å². The van der Waals surface area contributed by atoms with Gasteiger partial charge in [0.05, 0.1) is 0 Å². The number of hydrogen-bond acceptors (Lipinski definition) is 2. The summed E-state index contributed by atoms with van der Waals surface area (Å²) in [6, 6.07) is 7.35. The van der Waals surface area contributed by atoms with Gasteiger partial charge >= 0.3 is 0 Å². The van der Waals surface area contributed by atoms with E-state index in [9.17, 15) is 0 Å². The first kappa shape index (κ1) is 13.0. The van der Waals surface area contributed by atoms with Crippen molar-refractivity contribution in [1.82, 2.24) is 5.32 Å². The van der Waals surface area contributed by atoms with Crippen LogP contribution in [-0.4, -0.2) is 25.7 Å². The molecule has 1 atom stereocenters. The van der Waals surface area contributed by atoms with Crippen LogP contribution < -0.4 is 10.2 Å². The largest absolute Gasteiger partial charge is 0.367 e. The Kier molecular flexibility index (Phi) is 3.30. The molecule has 0 aromatic heterocycles. The van der Waals surface area contributed by atoms with Crippen molar-refractivity contribution in [3.05, 3.63) is 29.3 Å². The molecule has 1 aliphatic carbocycles. The third kappa shape index (κ3) is 2.38. The molecule has 2 fully saturated rings. The number of nitrogens with one attached hydrogen (secondary N) is 1. The molecule has 0 radical (unpaired) electrons. The van der Waals surface area contributed by atoms with E-state index in [4.69, 9.17) is 0 Å². The molecule has 1 spiro atoms. The highest BCUT2D eigenvalue weighted by atomic mass is 15.2. The first-order chi connectivity index (χ1) is 9.15. The van der Waals surface area contributed by atoms with Crippen molar-refractivity contribution < 1.29 is 0 Å². The zero-order chi connectivity index (χ0) is 13.5. The molecule has 1 saturated heterocycles. The lowest BCUT2D eigenvalue weighted by atomic mass is 10.0. The van der Waals surface area contributed by atoms with E-state index in [0.29, 0.717) is 11.5 Å². The van der Waals surface area contributed by atoms with Crippen LogP contribution in [0, 0.1) is 12.3 Å². The summed E-state index contributed by atoms with van der Waals surface area (Å²) < 4.78 is 0. The van der Waals surface area contributed by atoms with Gasteiger partial charge in [-0.3, -0.25) is 0 Å². The molecule has 19 heavy (non-hydrogen) atoms. The molecule has 1 aliphatic heterocycles. The average molecular weight is 258 g/mol. The molecule has 1 N–H and O–H groups in total. The number of hydrogen-bond donors (Lipinski definition) is 1. The zero-order valence-electron chi connectivity index (χ0n) is 12.5. The van der Waals surface area contributed by atoms with Gasteiger partial charge in [-0.15, -0.1) is 0 Å². The lowest BCUT2D eigenvalue weighted by Gasteiger charge is -2.34. The van der Waals surface area contributed by atoms with Crippen LogP contribution in [0.4, 0.5) is 5.69 Å². The van der Waals surface area contributed by atoms with E-state index < -0.39 is 0 Å². The summed E-state index contributed by atoms with van der Waals surface area (Å²) in [5.41, 5.74) is 5.01. The molecule has 104 valence electrons. The maximum atomic E-state index is 3.66. The van der Waals surface area contributed by atoms with E-state index in [1.54, 1.807) is 0 Å². The molecule has 2 heteroatoms. The molecule has 1 heterocycles. The lowest BCUT2D eigenvalue weighted by molar-refractivity contribution is 0.500. The van der Waals surface area contributed by atoms with Crippen molar-refractivity contribution >= 4 is 5.69 Å². The summed E-state index contributed by atoms with van der Waals surface area (Å²) >= 11 is 0. The second kappa shape index (κ2) is 4.82. The summed E-state index contributed by atoms with van der Waals surface area (Å²) in [6.07, 6.45) is 3.92. The van der Waals surface area contributed by atoms with Crippen molar-refractivity contribution in [3.63, 3.8) is 0 Å². The first-order valence-corrected chi connectivity index (χ1v) is 7.71. The minimum Gasteiger partial charge on any atom is -0.367 e. The lowest BCUT2D eigenvalue weighted by Crippen LogP contribution is -2.39. The number of benzene rings is 1. The van der Waals surface area contributed by atoms with Crippen LogP contribution in [0.2, 0.25) is 0 Å². The quantitative estimate of drug-likeness (QED) is 0.876. The number of aryl methyl sites for hydroxylation is 2. The van der Waals surface area contributed by atoms with Crippen molar-refractivity contribution in [2.24, 2.45) is 5.41 Å². The Hall–Kier alpha value is -1.02. The van der Waals surface area contributed by atoms with E-state index in [1.807, 2.05) is 0 Å². The smallest absolute Gasteiger partial charge is 0.0431 e. The van der Waals surface area contributed by atoms with Crippen molar-refractivity contribution in [2.75, 3.05) is 24.5 Å². The second-order valence-corrected chi connectivity index (χ2v) is 6.54. The molecule has 1 aromatic rings. The Balaban J connectivity index is 1.98. The SMILES string of the molecule is CCc1cccc(C)c1N1CC2(CC2)CNCC1C. The summed E-state index contributed by atoms with van der Waals surface area (Å²) in [5, 5.41) is 3.66. The fraction of sp³-hybridized carbons (Fsp3) is 0.647. The molecule has 1 saturated carbocycles. The summed E-state index contributed by atoms with van der Waals surface area (Å²) in [6.45, 7) is 10.4. The Morgan fingerprint density at radius 1 is 1.37 bits per heavy atom. The maximum Gasteiger partial charge on any atom is 0.0431 e. The topological polar surface area (TPSA) is 15.3 Å². The number of anilines is 1. The van der Waals surface area contributed by atoms with E-state index in [0.717, 1.165) is 13.0 Å². The van der Waals surface area contributed by atoms with Crippen LogP contribution in [0.1, 0.15) is 37.8 Å². The molecule has 2 aliphatic rings. The first-order valence-electron chi connectivity index (χ1n) is 7.71. The molecular weight excluding hydrogens is 232 g/mol. The molecule has 3 rings (SSSR count). The van der Waals surface area contributed by atoms with Gasteiger partial charge in [0.15, 0.2) is 0 Å². The minimum absolute atomic E-state index is 0.568. The van der Waals surface area contributed by atoms with Crippen LogP contribution in [0.25, 0.3) is 0 Å². The van der Waals surface area contributed by atoms with Gasteiger partial charge < -0.3 is 10.2 Å². The average Bonchev–Trinajstić information content (AvgIpc) is 3.18. The van der Waals surface area contributed by atoms with Crippen LogP contribution in [-0.2, 0) is 6.42 Å². The number of rotatable bonds is 2. The van der Waals surface area contributed by atoms with Crippen molar-refractivity contribution in [2.45, 2.75) is 46.1 Å².